The third-order valence-corrected chi connectivity index (χ3v) is 8.78. The zero-order valence-electron chi connectivity index (χ0n) is 23.5. The molecule has 0 spiro atoms. The number of fused-ring (bicyclic) bond motifs is 1. The smallest absolute Gasteiger partial charge is 0.414 e. The predicted molar refractivity (Wildman–Crippen MR) is 157 cm³/mol. The first kappa shape index (κ1) is 30.6. The summed E-state index contributed by atoms with van der Waals surface area (Å²) in [6, 6.07) is 16.6. The molecule has 0 bridgehead atoms. The highest BCUT2D eigenvalue weighted by atomic mass is 35.5. The molecule has 1 aliphatic heterocycles. The largest absolute Gasteiger partial charge is 0.497 e. The SMILES string of the molecule is CCOc1ncccc1C1(NC(=O)Oc2ccccc2)C(=O)N(S(=O)(=O)c2ccc(OC)cc2OC)c2cc(F)c(Cl)cc21. The first-order valence-electron chi connectivity index (χ1n) is 13.0. The number of para-hydroxylation sites is 1. The molecule has 2 amide bonds. The highest BCUT2D eigenvalue weighted by Gasteiger charge is 2.59. The minimum absolute atomic E-state index is 0.0554. The Hall–Kier alpha value is -4.88. The van der Waals surface area contributed by atoms with Gasteiger partial charge in [-0.15, -0.1) is 0 Å². The number of anilines is 1. The lowest BCUT2D eigenvalue weighted by Gasteiger charge is -2.30. The van der Waals surface area contributed by atoms with Crippen LogP contribution in [0.5, 0.6) is 23.1 Å². The van der Waals surface area contributed by atoms with Crippen molar-refractivity contribution < 1.29 is 41.3 Å². The Bertz CT molecular complexity index is 1860. The van der Waals surface area contributed by atoms with Crippen molar-refractivity contribution >= 4 is 39.3 Å². The number of nitrogens with one attached hydrogen (secondary N) is 1. The molecule has 1 atom stereocenters. The third-order valence-electron chi connectivity index (χ3n) is 6.76. The second-order valence-corrected chi connectivity index (χ2v) is 11.4. The lowest BCUT2D eigenvalue weighted by Crippen LogP contribution is -2.55. The number of hydrogen-bond acceptors (Lipinski definition) is 9. The van der Waals surface area contributed by atoms with E-state index in [2.05, 4.69) is 10.3 Å². The summed E-state index contributed by atoms with van der Waals surface area (Å²) < 4.78 is 65.7. The summed E-state index contributed by atoms with van der Waals surface area (Å²) in [7, 11) is -2.24. The first-order valence-corrected chi connectivity index (χ1v) is 14.8. The molecular formula is C30H25ClFN3O8S. The maximum Gasteiger partial charge on any atom is 0.414 e. The number of halogens is 2. The number of ether oxygens (including phenoxy) is 4. The Balaban J connectivity index is 1.78. The van der Waals surface area contributed by atoms with Crippen LogP contribution in [0.2, 0.25) is 5.02 Å². The fourth-order valence-electron chi connectivity index (χ4n) is 4.86. The molecule has 4 aromatic rings. The molecule has 1 aliphatic rings. The number of methoxy groups -OCH3 is 2. The van der Waals surface area contributed by atoms with Gasteiger partial charge in [0.05, 0.1) is 37.1 Å². The Morgan fingerprint density at radius 2 is 1.75 bits per heavy atom. The number of pyridine rings is 1. The summed E-state index contributed by atoms with van der Waals surface area (Å²) in [6.45, 7) is 1.77. The summed E-state index contributed by atoms with van der Waals surface area (Å²) in [5, 5.41) is 2.10. The molecule has 44 heavy (non-hydrogen) atoms. The number of carbonyl (C=O) groups excluding carboxylic acids is 2. The van der Waals surface area contributed by atoms with Gasteiger partial charge in [-0.25, -0.2) is 22.6 Å². The van der Waals surface area contributed by atoms with Gasteiger partial charge in [-0.05, 0) is 49.4 Å². The van der Waals surface area contributed by atoms with Crippen molar-refractivity contribution in [3.05, 3.63) is 101 Å². The molecule has 1 N–H and O–H groups in total. The Kier molecular flexibility index (Phi) is 8.35. The fraction of sp³-hybridized carbons (Fsp3) is 0.167. The van der Waals surface area contributed by atoms with Crippen LogP contribution in [0.4, 0.5) is 14.9 Å². The molecule has 0 radical (unpaired) electrons. The van der Waals surface area contributed by atoms with Crippen molar-refractivity contribution in [2.24, 2.45) is 0 Å². The fourth-order valence-corrected chi connectivity index (χ4v) is 6.62. The van der Waals surface area contributed by atoms with Crippen molar-refractivity contribution in [3.63, 3.8) is 0 Å². The van der Waals surface area contributed by atoms with Crippen molar-refractivity contribution in [1.82, 2.24) is 10.3 Å². The molecule has 2 heterocycles. The Labute approximate surface area is 257 Å². The van der Waals surface area contributed by atoms with E-state index < -0.39 is 49.0 Å². The molecule has 0 fully saturated rings. The summed E-state index contributed by atoms with van der Waals surface area (Å²) in [6.07, 6.45) is 0.252. The van der Waals surface area contributed by atoms with E-state index in [1.165, 1.54) is 62.9 Å². The van der Waals surface area contributed by atoms with Gasteiger partial charge in [0, 0.05) is 23.9 Å². The van der Waals surface area contributed by atoms with Crippen LogP contribution < -0.4 is 28.6 Å². The molecule has 228 valence electrons. The van der Waals surface area contributed by atoms with E-state index in [1.54, 1.807) is 25.1 Å². The van der Waals surface area contributed by atoms with E-state index in [4.69, 9.17) is 30.5 Å². The summed E-state index contributed by atoms with van der Waals surface area (Å²) in [5.74, 6) is -2.07. The van der Waals surface area contributed by atoms with Crippen LogP contribution in [-0.4, -0.2) is 46.2 Å². The van der Waals surface area contributed by atoms with Gasteiger partial charge in [0.15, 0.2) is 5.54 Å². The van der Waals surface area contributed by atoms with Gasteiger partial charge in [-0.3, -0.25) is 10.1 Å². The molecule has 14 heteroatoms. The normalized spacial score (nSPS) is 15.8. The van der Waals surface area contributed by atoms with E-state index in [0.29, 0.717) is 4.31 Å². The second-order valence-electron chi connectivity index (χ2n) is 9.24. The zero-order valence-corrected chi connectivity index (χ0v) is 25.1. The standard InChI is InChI=1S/C30H25ClFN3O8S/c1-4-42-27-20(11-8-14-33-27)30(34-29(37)43-18-9-6-5-7-10-18)21-16-22(31)23(32)17-24(21)35(28(30)36)44(38,39)26-13-12-19(40-2)15-25(26)41-3/h5-17H,4H2,1-3H3,(H,34,37). The minimum Gasteiger partial charge on any atom is -0.497 e. The van der Waals surface area contributed by atoms with Gasteiger partial charge < -0.3 is 18.9 Å². The quantitative estimate of drug-likeness (QED) is 0.266. The van der Waals surface area contributed by atoms with Crippen molar-refractivity contribution in [2.45, 2.75) is 17.4 Å². The molecular weight excluding hydrogens is 617 g/mol. The molecule has 0 aliphatic carbocycles. The molecule has 0 saturated heterocycles. The van der Waals surface area contributed by atoms with Crippen LogP contribution in [0.15, 0.2) is 83.9 Å². The van der Waals surface area contributed by atoms with Gasteiger partial charge in [0.2, 0.25) is 5.88 Å². The lowest BCUT2D eigenvalue weighted by atomic mass is 9.84. The topological polar surface area (TPSA) is 133 Å². The van der Waals surface area contributed by atoms with E-state index >= 15 is 4.39 Å². The lowest BCUT2D eigenvalue weighted by molar-refractivity contribution is -0.121. The maximum absolute atomic E-state index is 15.1. The average molecular weight is 642 g/mol. The molecule has 5 rings (SSSR count). The van der Waals surface area contributed by atoms with Crippen molar-refractivity contribution in [1.29, 1.82) is 0 Å². The summed E-state index contributed by atoms with van der Waals surface area (Å²) in [5.41, 5.74) is -3.02. The van der Waals surface area contributed by atoms with Crippen molar-refractivity contribution in [2.75, 3.05) is 25.1 Å². The second kappa shape index (κ2) is 12.0. The summed E-state index contributed by atoms with van der Waals surface area (Å²) in [4.78, 5) is 32.0. The van der Waals surface area contributed by atoms with Crippen molar-refractivity contribution in [3.8, 4) is 23.1 Å². The predicted octanol–water partition coefficient (Wildman–Crippen LogP) is 5.06. The van der Waals surface area contributed by atoms with Crippen LogP contribution >= 0.6 is 11.6 Å². The number of sulfonamides is 1. The number of amides is 2. The molecule has 3 aromatic carbocycles. The summed E-state index contributed by atoms with van der Waals surface area (Å²) >= 11 is 6.20. The van der Waals surface area contributed by atoms with E-state index in [9.17, 15) is 18.0 Å². The number of carbonyl (C=O) groups is 2. The Morgan fingerprint density at radius 1 is 1.00 bits per heavy atom. The van der Waals surface area contributed by atoms with Crippen LogP contribution in [0.3, 0.4) is 0 Å². The highest BCUT2D eigenvalue weighted by molar-refractivity contribution is 7.93. The number of benzene rings is 3. The third kappa shape index (κ3) is 5.13. The Morgan fingerprint density at radius 3 is 2.43 bits per heavy atom. The minimum atomic E-state index is -4.86. The van der Waals surface area contributed by atoms with Gasteiger partial charge in [0.1, 0.15) is 28.0 Å². The zero-order chi connectivity index (χ0) is 31.6. The van der Waals surface area contributed by atoms with Crippen LogP contribution in [0.25, 0.3) is 0 Å². The van der Waals surface area contributed by atoms with E-state index in [1.807, 2.05) is 0 Å². The number of nitrogens with zero attached hydrogens (tertiary/aromatic N) is 2. The van der Waals surface area contributed by atoms with Crippen LogP contribution in [0, 0.1) is 5.82 Å². The van der Waals surface area contributed by atoms with Gasteiger partial charge >= 0.3 is 6.09 Å². The molecule has 1 unspecified atom stereocenters. The molecule has 11 nitrogen and oxygen atoms in total. The average Bonchev–Trinajstić information content (AvgIpc) is 3.25. The number of aromatic nitrogens is 1. The highest BCUT2D eigenvalue weighted by Crippen LogP contribution is 2.50. The van der Waals surface area contributed by atoms with Crippen LogP contribution in [0.1, 0.15) is 18.1 Å². The van der Waals surface area contributed by atoms with Gasteiger partial charge in [0.25, 0.3) is 15.9 Å². The molecule has 1 aromatic heterocycles. The van der Waals surface area contributed by atoms with Crippen LogP contribution in [-0.2, 0) is 20.4 Å². The monoisotopic (exact) mass is 641 g/mol. The van der Waals surface area contributed by atoms with Gasteiger partial charge in [-0.1, -0.05) is 29.8 Å². The van der Waals surface area contributed by atoms with E-state index in [-0.39, 0.29) is 40.9 Å². The van der Waals surface area contributed by atoms with Gasteiger partial charge in [-0.2, -0.15) is 4.31 Å². The van der Waals surface area contributed by atoms with E-state index in [0.717, 1.165) is 12.1 Å². The number of hydrogen-bond donors (Lipinski definition) is 1. The maximum atomic E-state index is 15.1. The number of rotatable bonds is 9. The first-order chi connectivity index (χ1) is 21.1. The molecule has 0 saturated carbocycles.